The van der Waals surface area contributed by atoms with Crippen LogP contribution in [-0.2, 0) is 33.6 Å². The van der Waals surface area contributed by atoms with Crippen molar-refractivity contribution >= 4 is 58.8 Å². The van der Waals surface area contributed by atoms with Gasteiger partial charge in [0.05, 0.1) is 18.0 Å². The first-order valence-corrected chi connectivity index (χ1v) is 21.4. The van der Waals surface area contributed by atoms with Crippen molar-refractivity contribution < 1.29 is 59.1 Å². The van der Waals surface area contributed by atoms with Gasteiger partial charge in [0, 0.05) is 118 Å². The summed E-state index contributed by atoms with van der Waals surface area (Å²) in [5.41, 5.74) is 9.44. The highest BCUT2D eigenvalue weighted by Gasteiger charge is 2.66. The molecule has 0 saturated carbocycles. The third-order valence-corrected chi connectivity index (χ3v) is 15.3. The Hall–Kier alpha value is -5.68. The quantitative estimate of drug-likeness (QED) is 0.0925. The fourth-order valence-corrected chi connectivity index (χ4v) is 11.8. The summed E-state index contributed by atoms with van der Waals surface area (Å²) >= 11 is 0. The number of nitrogens with one attached hydrogen (secondary N) is 1. The van der Waals surface area contributed by atoms with Crippen LogP contribution in [-0.4, -0.2) is 95.9 Å². The minimum Gasteiger partial charge on any atom is -0.481 e. The number of rotatable bonds is 18. The number of hydrogen-bond acceptors (Lipinski definition) is 11. The number of carboxylic acids is 5. The largest absolute Gasteiger partial charge is 0.481 e. The van der Waals surface area contributed by atoms with Crippen molar-refractivity contribution in [3.8, 4) is 0 Å². The van der Waals surface area contributed by atoms with E-state index < -0.39 is 105 Å². The molecule has 5 aliphatic rings. The lowest BCUT2D eigenvalue weighted by Gasteiger charge is -2.48. The van der Waals surface area contributed by atoms with Gasteiger partial charge in [-0.2, -0.15) is 0 Å². The fraction of sp³-hybridized carbons (Fsp3) is 0.644. The van der Waals surface area contributed by atoms with E-state index in [1.54, 1.807) is 47.6 Å². The van der Waals surface area contributed by atoms with Crippen molar-refractivity contribution in [3.05, 3.63) is 34.3 Å². The maximum atomic E-state index is 13.3. The van der Waals surface area contributed by atoms with Gasteiger partial charge in [-0.25, -0.2) is 0 Å². The van der Waals surface area contributed by atoms with E-state index in [0.717, 1.165) is 0 Å². The SMILES string of the molecule is CC1=C2N=C(C=C3N/C(=C(/C)C4=N[C@@](C)([C@@H]5N=C1[C@](C)(CCC(=O)O)[C@H]5CC(=O)O)[C@@](C)(CC(N)=O)[C@@H]4CCC(=O)O)[C@@](C)(CC(N)=O)[C@@H]3CCC(=O)O)C(C)(C)[C@@H]2CCC(=O)O. The third kappa shape index (κ3) is 8.56. The van der Waals surface area contributed by atoms with Crippen LogP contribution >= 0.6 is 0 Å². The number of carbonyl (C=O) groups is 7. The molecule has 344 valence electrons. The molecule has 2 amide bonds. The van der Waals surface area contributed by atoms with Gasteiger partial charge in [-0.15, -0.1) is 0 Å². The number of allylic oxidation sites excluding steroid dienone is 6. The zero-order chi connectivity index (χ0) is 47.4. The highest BCUT2D eigenvalue weighted by molar-refractivity contribution is 6.10. The van der Waals surface area contributed by atoms with Crippen molar-refractivity contribution in [2.45, 2.75) is 138 Å². The molecule has 1 fully saturated rings. The molecule has 63 heavy (non-hydrogen) atoms. The van der Waals surface area contributed by atoms with E-state index >= 15 is 0 Å². The van der Waals surface area contributed by atoms with E-state index in [-0.39, 0.29) is 64.2 Å². The molecule has 8 bridgehead atoms. The van der Waals surface area contributed by atoms with E-state index in [0.29, 0.717) is 45.4 Å². The van der Waals surface area contributed by atoms with Gasteiger partial charge in [-0.1, -0.05) is 34.6 Å². The zero-order valence-corrected chi connectivity index (χ0v) is 37.3. The number of hydrogen-bond donors (Lipinski definition) is 8. The predicted molar refractivity (Wildman–Crippen MR) is 231 cm³/mol. The Morgan fingerprint density at radius 2 is 1.21 bits per heavy atom. The van der Waals surface area contributed by atoms with Crippen LogP contribution in [0.2, 0.25) is 0 Å². The average molecular weight is 879 g/mol. The Bertz CT molecular complexity index is 2220. The van der Waals surface area contributed by atoms with Gasteiger partial charge in [0.1, 0.15) is 0 Å². The van der Waals surface area contributed by atoms with E-state index in [4.69, 9.17) is 26.4 Å². The summed E-state index contributed by atoms with van der Waals surface area (Å²) in [6.45, 7) is 14.4. The molecule has 18 nitrogen and oxygen atoms in total. The smallest absolute Gasteiger partial charge is 0.303 e. The summed E-state index contributed by atoms with van der Waals surface area (Å²) in [4.78, 5) is 104. The first-order chi connectivity index (χ1) is 29.0. The summed E-state index contributed by atoms with van der Waals surface area (Å²) in [5, 5.41) is 54.2. The highest BCUT2D eigenvalue weighted by atomic mass is 16.4. The molecule has 0 aromatic heterocycles. The summed E-state index contributed by atoms with van der Waals surface area (Å²) in [6.07, 6.45) is -0.470. The molecule has 0 aromatic carbocycles. The Morgan fingerprint density at radius 1 is 0.683 bits per heavy atom. The molecule has 0 aromatic rings. The third-order valence-electron chi connectivity index (χ3n) is 15.3. The fourth-order valence-electron chi connectivity index (χ4n) is 11.8. The van der Waals surface area contributed by atoms with Crippen LogP contribution < -0.4 is 16.8 Å². The number of nitrogens with two attached hydrogens (primary N) is 2. The van der Waals surface area contributed by atoms with E-state index in [1.165, 1.54) is 0 Å². The standard InChI is InChI=1S/C45H62N6O12/c1-21-36-24(10-13-32(56)57)41(3,4)28(49-36)18-27-23(9-12-31(54)55)43(6,19-29(46)52)39(48-27)22(2)37-25(11-14-33(58)59)44(7,20-30(47)53)45(8,51-37)40-26(17-35(62)63)42(5,38(21)50-40)16-15-34(60)61/h18,23-26,40,48H,9-17,19-20H2,1-8H3,(H2,46,52)(H2,47,53)(H,54,55)(H,56,57)(H,58,59)(H,60,61)(H,62,63)/b27-18?,36-21?,39-22-/t23-,24-,25-,26+,40-,42-,43+,44+,45+/m1/s1. The summed E-state index contributed by atoms with van der Waals surface area (Å²) in [6, 6.07) is -1.07. The lowest BCUT2D eigenvalue weighted by Crippen LogP contribution is -2.55. The zero-order valence-electron chi connectivity index (χ0n) is 37.3. The van der Waals surface area contributed by atoms with Crippen molar-refractivity contribution in [2.75, 3.05) is 0 Å². The maximum Gasteiger partial charge on any atom is 0.303 e. The molecular weight excluding hydrogens is 817 g/mol. The van der Waals surface area contributed by atoms with Gasteiger partial charge < -0.3 is 42.3 Å². The molecule has 5 heterocycles. The maximum absolute atomic E-state index is 13.3. The Kier molecular flexibility index (Phi) is 13.1. The second-order valence-electron chi connectivity index (χ2n) is 19.6. The number of carboxylic acid groups (broad SMARTS) is 5. The number of nitrogens with zero attached hydrogens (tertiary/aromatic N) is 3. The topological polar surface area (TPSA) is 322 Å². The molecule has 10 N–H and O–H groups in total. The van der Waals surface area contributed by atoms with Gasteiger partial charge in [0.25, 0.3) is 0 Å². The lowest BCUT2D eigenvalue weighted by atomic mass is 9.55. The van der Waals surface area contributed by atoms with Gasteiger partial charge in [0.2, 0.25) is 11.8 Å². The number of fused-ring (bicyclic) bond motifs is 6. The van der Waals surface area contributed by atoms with Crippen LogP contribution in [0, 0.1) is 45.3 Å². The Morgan fingerprint density at radius 3 is 1.71 bits per heavy atom. The molecule has 5 rings (SSSR count). The van der Waals surface area contributed by atoms with Gasteiger partial charge >= 0.3 is 29.8 Å². The monoisotopic (exact) mass is 878 g/mol. The Balaban J connectivity index is 2.03. The number of amides is 2. The second kappa shape index (κ2) is 17.1. The number of aliphatic carboxylic acids is 5. The Labute approximate surface area is 366 Å². The van der Waals surface area contributed by atoms with Gasteiger partial charge in [-0.05, 0) is 63.7 Å². The summed E-state index contributed by atoms with van der Waals surface area (Å²) < 4.78 is 0. The molecule has 18 heteroatoms. The van der Waals surface area contributed by atoms with Gasteiger partial charge in [-0.3, -0.25) is 48.5 Å². The van der Waals surface area contributed by atoms with Crippen LogP contribution in [0.1, 0.15) is 126 Å². The average Bonchev–Trinajstić information content (AvgIpc) is 3.75. The summed E-state index contributed by atoms with van der Waals surface area (Å²) in [7, 11) is 0. The summed E-state index contributed by atoms with van der Waals surface area (Å²) in [5.74, 6) is -10.0. The van der Waals surface area contributed by atoms with Gasteiger partial charge in [0.15, 0.2) is 0 Å². The van der Waals surface area contributed by atoms with E-state index in [1.807, 2.05) is 13.8 Å². The minimum atomic E-state index is -1.52. The van der Waals surface area contributed by atoms with Crippen LogP contribution in [0.5, 0.6) is 0 Å². The first-order valence-electron chi connectivity index (χ1n) is 21.4. The molecule has 1 saturated heterocycles. The number of primary amides is 2. The highest BCUT2D eigenvalue weighted by Crippen LogP contribution is 2.62. The normalized spacial score (nSPS) is 34.2. The minimum absolute atomic E-state index is 0.0433. The van der Waals surface area contributed by atoms with Crippen LogP contribution in [0.4, 0.5) is 0 Å². The number of aliphatic imine (C=N–C) groups is 3. The van der Waals surface area contributed by atoms with Crippen LogP contribution in [0.15, 0.2) is 49.3 Å². The molecule has 0 radical (unpaired) electrons. The van der Waals surface area contributed by atoms with Crippen LogP contribution in [0.25, 0.3) is 0 Å². The van der Waals surface area contributed by atoms with E-state index in [9.17, 15) is 59.1 Å². The molecule has 5 aliphatic heterocycles. The van der Waals surface area contributed by atoms with Crippen molar-refractivity contribution in [1.29, 1.82) is 0 Å². The van der Waals surface area contributed by atoms with E-state index in [2.05, 4.69) is 5.32 Å². The molecule has 0 aliphatic carbocycles. The molecular formula is C45H62N6O12. The molecule has 0 unspecified atom stereocenters. The van der Waals surface area contributed by atoms with Crippen molar-refractivity contribution in [2.24, 2.45) is 71.8 Å². The number of carbonyl (C=O) groups excluding carboxylic acids is 2. The predicted octanol–water partition coefficient (Wildman–Crippen LogP) is 4.72. The second-order valence-corrected chi connectivity index (χ2v) is 19.6. The first kappa shape index (κ1) is 48.4. The van der Waals surface area contributed by atoms with Crippen LogP contribution in [0.3, 0.4) is 0 Å². The lowest BCUT2D eigenvalue weighted by molar-refractivity contribution is -0.140. The molecule has 0 spiro atoms. The van der Waals surface area contributed by atoms with Crippen molar-refractivity contribution in [1.82, 2.24) is 5.32 Å². The van der Waals surface area contributed by atoms with Crippen molar-refractivity contribution in [3.63, 3.8) is 0 Å². The molecule has 9 atom stereocenters.